The molecule has 0 radical (unpaired) electrons. The summed E-state index contributed by atoms with van der Waals surface area (Å²) in [6.07, 6.45) is 4.27. The molecule has 2 aromatic carbocycles. The Morgan fingerprint density at radius 2 is 1.48 bits per heavy atom. The number of alkyl halides is 1. The normalized spacial score (nSPS) is 13.0. The molecule has 1 nitrogen and oxygen atoms in total. The number of hydrogen-bond donors (Lipinski definition) is 0. The van der Waals surface area contributed by atoms with Crippen molar-refractivity contribution in [3.05, 3.63) is 72.6 Å². The fourth-order valence-electron chi connectivity index (χ4n) is 3.55. The molecule has 0 saturated carbocycles. The van der Waals surface area contributed by atoms with Crippen LogP contribution in [-0.2, 0) is 4.43 Å². The van der Waals surface area contributed by atoms with Crippen molar-refractivity contribution in [3.8, 4) is 0 Å². The van der Waals surface area contributed by atoms with E-state index in [0.29, 0.717) is 11.9 Å². The smallest absolute Gasteiger partial charge is 0.261 e. The van der Waals surface area contributed by atoms with Crippen LogP contribution < -0.4 is 10.4 Å². The molecule has 0 aliphatic carbocycles. The Kier molecular flexibility index (Phi) is 8.46. The van der Waals surface area contributed by atoms with Crippen molar-refractivity contribution in [1.29, 1.82) is 0 Å². The number of allylic oxidation sites excluding steroid dienone is 2. The number of benzene rings is 2. The highest BCUT2D eigenvalue weighted by atomic mass is 79.9. The zero-order valence-electron chi connectivity index (χ0n) is 16.6. The quantitative estimate of drug-likeness (QED) is 0.260. The third-order valence-electron chi connectivity index (χ3n) is 4.83. The average Bonchev–Trinajstić information content (AvgIpc) is 2.67. The van der Waals surface area contributed by atoms with Gasteiger partial charge in [0.1, 0.15) is 5.83 Å². The van der Waals surface area contributed by atoms with Gasteiger partial charge in [-0.25, -0.2) is 4.39 Å². The number of hydrogen-bond acceptors (Lipinski definition) is 1. The largest absolute Gasteiger partial charge is 0.407 e. The zero-order valence-corrected chi connectivity index (χ0v) is 19.1. The molecule has 0 atom stereocenters. The van der Waals surface area contributed by atoms with Gasteiger partial charge in [0, 0.05) is 6.61 Å². The highest BCUT2D eigenvalue weighted by molar-refractivity contribution is 9.09. The summed E-state index contributed by atoms with van der Waals surface area (Å²) in [5.41, 5.74) is 0. The molecule has 0 bridgehead atoms. The van der Waals surface area contributed by atoms with E-state index >= 15 is 0 Å². The van der Waals surface area contributed by atoms with E-state index in [4.69, 9.17) is 4.43 Å². The summed E-state index contributed by atoms with van der Waals surface area (Å²) in [5.74, 6) is -0.0945. The predicted octanol–water partition coefficient (Wildman–Crippen LogP) is 5.98. The first kappa shape index (κ1) is 22.1. The molecule has 0 aliphatic heterocycles. The molecule has 0 saturated heterocycles. The molecule has 146 valence electrons. The van der Waals surface area contributed by atoms with Crippen molar-refractivity contribution in [2.24, 2.45) is 0 Å². The van der Waals surface area contributed by atoms with Gasteiger partial charge in [0.05, 0.1) is 5.33 Å². The molecule has 4 heteroatoms. The maximum Gasteiger partial charge on any atom is 0.261 e. The first-order chi connectivity index (χ1) is 12.9. The fourth-order valence-corrected chi connectivity index (χ4v) is 8.38. The molecule has 27 heavy (non-hydrogen) atoms. The van der Waals surface area contributed by atoms with Crippen LogP contribution in [0.15, 0.2) is 72.6 Å². The van der Waals surface area contributed by atoms with Crippen molar-refractivity contribution in [2.75, 3.05) is 11.9 Å². The van der Waals surface area contributed by atoms with Crippen LogP contribution in [0.4, 0.5) is 4.39 Å². The maximum absolute atomic E-state index is 13.2. The first-order valence-electron chi connectivity index (χ1n) is 9.57. The molecule has 0 unspecified atom stereocenters. The van der Waals surface area contributed by atoms with Crippen molar-refractivity contribution >= 4 is 34.6 Å². The molecule has 0 N–H and O–H groups in total. The monoisotopic (exact) mass is 448 g/mol. The Bertz CT molecular complexity index is 671. The Morgan fingerprint density at radius 3 is 1.93 bits per heavy atom. The van der Waals surface area contributed by atoms with Crippen LogP contribution in [0.3, 0.4) is 0 Å². The van der Waals surface area contributed by atoms with Crippen LogP contribution in [0.25, 0.3) is 0 Å². The van der Waals surface area contributed by atoms with Crippen LogP contribution in [0, 0.1) is 0 Å². The molecule has 0 aliphatic rings. The topological polar surface area (TPSA) is 9.23 Å². The van der Waals surface area contributed by atoms with Gasteiger partial charge in [-0.15, -0.1) is 0 Å². The number of rotatable bonds is 9. The Labute approximate surface area is 172 Å². The minimum atomic E-state index is -2.44. The SMILES string of the molecule is CC(C)(C)[Si](OCCCC/C=C(/F)CBr)(c1ccccc1)c1ccccc1. The zero-order chi connectivity index (χ0) is 19.8. The van der Waals surface area contributed by atoms with E-state index in [1.54, 1.807) is 6.08 Å². The summed E-state index contributed by atoms with van der Waals surface area (Å²) < 4.78 is 20.0. The Balaban J connectivity index is 2.25. The predicted molar refractivity (Wildman–Crippen MR) is 120 cm³/mol. The Hall–Kier alpha value is -1.23. The van der Waals surface area contributed by atoms with Gasteiger partial charge in [-0.05, 0) is 34.7 Å². The van der Waals surface area contributed by atoms with Crippen molar-refractivity contribution in [3.63, 3.8) is 0 Å². The minimum Gasteiger partial charge on any atom is -0.407 e. The molecule has 0 fully saturated rings. The number of unbranched alkanes of at least 4 members (excludes halogenated alkanes) is 2. The van der Waals surface area contributed by atoms with Crippen LogP contribution in [-0.4, -0.2) is 20.3 Å². The lowest BCUT2D eigenvalue weighted by molar-refractivity contribution is 0.288. The summed E-state index contributed by atoms with van der Waals surface area (Å²) in [6, 6.07) is 21.3. The van der Waals surface area contributed by atoms with E-state index in [1.807, 2.05) is 0 Å². The van der Waals surface area contributed by atoms with Crippen LogP contribution >= 0.6 is 15.9 Å². The summed E-state index contributed by atoms with van der Waals surface area (Å²) >= 11 is 3.13. The van der Waals surface area contributed by atoms with Crippen LogP contribution in [0.2, 0.25) is 5.04 Å². The molecule has 0 amide bonds. The van der Waals surface area contributed by atoms with Crippen molar-refractivity contribution < 1.29 is 8.82 Å². The molecule has 0 heterocycles. The summed E-state index contributed by atoms with van der Waals surface area (Å²) in [4.78, 5) is 0. The third kappa shape index (κ3) is 5.63. The summed E-state index contributed by atoms with van der Waals surface area (Å²) in [7, 11) is -2.44. The second-order valence-electron chi connectivity index (χ2n) is 7.79. The lowest BCUT2D eigenvalue weighted by Gasteiger charge is -2.43. The van der Waals surface area contributed by atoms with Gasteiger partial charge >= 0.3 is 0 Å². The molecule has 0 aromatic heterocycles. The highest BCUT2D eigenvalue weighted by Gasteiger charge is 2.49. The van der Waals surface area contributed by atoms with E-state index in [9.17, 15) is 4.39 Å². The average molecular weight is 449 g/mol. The molecule has 0 spiro atoms. The van der Waals surface area contributed by atoms with Gasteiger partial charge in [0.15, 0.2) is 0 Å². The molecular formula is C23H30BrFOSi. The van der Waals surface area contributed by atoms with E-state index in [1.165, 1.54) is 10.4 Å². The minimum absolute atomic E-state index is 0.00230. The fraction of sp³-hybridized carbons (Fsp3) is 0.391. The number of halogens is 2. The Morgan fingerprint density at radius 1 is 0.963 bits per heavy atom. The van der Waals surface area contributed by atoms with Gasteiger partial charge in [0.2, 0.25) is 0 Å². The van der Waals surface area contributed by atoms with E-state index < -0.39 is 8.32 Å². The lowest BCUT2D eigenvalue weighted by atomic mass is 10.2. The first-order valence-corrected chi connectivity index (χ1v) is 12.6. The van der Waals surface area contributed by atoms with E-state index in [-0.39, 0.29) is 10.9 Å². The summed E-state index contributed by atoms with van der Waals surface area (Å²) in [5, 5.41) is 2.89. The van der Waals surface area contributed by atoms with Gasteiger partial charge in [-0.3, -0.25) is 0 Å². The second-order valence-corrected chi connectivity index (χ2v) is 12.7. The summed E-state index contributed by atoms with van der Waals surface area (Å²) in [6.45, 7) is 7.55. The highest BCUT2D eigenvalue weighted by Crippen LogP contribution is 2.36. The molecule has 2 aromatic rings. The van der Waals surface area contributed by atoms with E-state index in [0.717, 1.165) is 19.3 Å². The van der Waals surface area contributed by atoms with Gasteiger partial charge in [-0.2, -0.15) is 0 Å². The van der Waals surface area contributed by atoms with Crippen molar-refractivity contribution in [1.82, 2.24) is 0 Å². The van der Waals surface area contributed by atoms with Gasteiger partial charge in [0.25, 0.3) is 8.32 Å². The van der Waals surface area contributed by atoms with Gasteiger partial charge < -0.3 is 4.43 Å². The van der Waals surface area contributed by atoms with Crippen molar-refractivity contribution in [2.45, 2.75) is 45.1 Å². The molecule has 2 rings (SSSR count). The standard InChI is InChI=1S/C23H30BrFOSi/c1-23(2,3)27(21-14-8-4-9-15-21,22-16-10-5-11-17-22)26-18-12-6-7-13-20(25)19-24/h4-5,8-11,13-17H,6-7,12,18-19H2,1-3H3/b20-13+. The molecular weight excluding hydrogens is 419 g/mol. The second kappa shape index (κ2) is 10.3. The van der Waals surface area contributed by atoms with Crippen LogP contribution in [0.5, 0.6) is 0 Å². The van der Waals surface area contributed by atoms with Crippen LogP contribution in [0.1, 0.15) is 40.0 Å². The lowest BCUT2D eigenvalue weighted by Crippen LogP contribution is -2.66. The maximum atomic E-state index is 13.2. The van der Waals surface area contributed by atoms with Gasteiger partial charge in [-0.1, -0.05) is 103 Å². The van der Waals surface area contributed by atoms with E-state index in [2.05, 4.69) is 97.4 Å². The third-order valence-corrected chi connectivity index (χ3v) is 10.4.